The number of rotatable bonds is 3. The average molecular weight is 169 g/mol. The molecule has 0 saturated heterocycles. The Morgan fingerprint density at radius 2 is 2.17 bits per heavy atom. The summed E-state index contributed by atoms with van der Waals surface area (Å²) in [4.78, 5) is 21.4. The fraction of sp³-hybridized carbons (Fsp3) is 0.571. The first-order valence-corrected chi connectivity index (χ1v) is 3.65. The summed E-state index contributed by atoms with van der Waals surface area (Å²) in [5, 5.41) is 12.5. The Balaban J connectivity index is 3.56. The standard InChI is InChI=1S/C7H11N3O2/c1-2-5-9-7(12)10-6(11)3-4-8/h2-3,5H2,1H3,(H2,9,10,11,12). The number of hydrogen-bond acceptors (Lipinski definition) is 3. The molecule has 0 heterocycles. The maximum Gasteiger partial charge on any atom is 0.321 e. The van der Waals surface area contributed by atoms with Crippen LogP contribution in [0.1, 0.15) is 19.8 Å². The third-order valence-electron chi connectivity index (χ3n) is 1.03. The lowest BCUT2D eigenvalue weighted by Crippen LogP contribution is -2.39. The molecule has 5 nitrogen and oxygen atoms in total. The van der Waals surface area contributed by atoms with Crippen LogP contribution in [0.25, 0.3) is 0 Å². The van der Waals surface area contributed by atoms with Crippen molar-refractivity contribution in [3.05, 3.63) is 0 Å². The van der Waals surface area contributed by atoms with Gasteiger partial charge in [0.1, 0.15) is 6.42 Å². The highest BCUT2D eigenvalue weighted by Crippen LogP contribution is 1.76. The van der Waals surface area contributed by atoms with Gasteiger partial charge in [-0.2, -0.15) is 5.26 Å². The Labute approximate surface area is 70.7 Å². The van der Waals surface area contributed by atoms with Gasteiger partial charge in [-0.05, 0) is 6.42 Å². The first-order chi connectivity index (χ1) is 5.70. The molecule has 0 aromatic rings. The fourth-order valence-corrected chi connectivity index (χ4v) is 0.525. The van der Waals surface area contributed by atoms with E-state index >= 15 is 0 Å². The number of imide groups is 1. The van der Waals surface area contributed by atoms with Gasteiger partial charge in [0.2, 0.25) is 5.91 Å². The quantitative estimate of drug-likeness (QED) is 0.630. The van der Waals surface area contributed by atoms with Crippen molar-refractivity contribution in [1.29, 1.82) is 5.26 Å². The van der Waals surface area contributed by atoms with Crippen molar-refractivity contribution in [2.75, 3.05) is 6.54 Å². The number of hydrogen-bond donors (Lipinski definition) is 2. The van der Waals surface area contributed by atoms with E-state index in [1.54, 1.807) is 6.07 Å². The van der Waals surface area contributed by atoms with E-state index in [9.17, 15) is 9.59 Å². The highest BCUT2D eigenvalue weighted by Gasteiger charge is 2.04. The van der Waals surface area contributed by atoms with E-state index in [2.05, 4.69) is 5.32 Å². The molecule has 5 heteroatoms. The van der Waals surface area contributed by atoms with E-state index in [4.69, 9.17) is 5.26 Å². The van der Waals surface area contributed by atoms with Gasteiger partial charge in [-0.3, -0.25) is 10.1 Å². The summed E-state index contributed by atoms with van der Waals surface area (Å²) in [6.07, 6.45) is 0.513. The van der Waals surface area contributed by atoms with Gasteiger partial charge in [0.25, 0.3) is 0 Å². The van der Waals surface area contributed by atoms with Gasteiger partial charge in [-0.15, -0.1) is 0 Å². The molecule has 3 amide bonds. The lowest BCUT2D eigenvalue weighted by Gasteiger charge is -2.02. The predicted molar refractivity (Wildman–Crippen MR) is 42.1 cm³/mol. The molecule has 0 aromatic carbocycles. The van der Waals surface area contributed by atoms with Crippen molar-refractivity contribution in [3.63, 3.8) is 0 Å². The Morgan fingerprint density at radius 3 is 2.67 bits per heavy atom. The summed E-state index contributed by atoms with van der Waals surface area (Å²) in [5.74, 6) is -0.578. The first kappa shape index (κ1) is 10.4. The van der Waals surface area contributed by atoms with Crippen LogP contribution in [-0.4, -0.2) is 18.5 Å². The minimum absolute atomic E-state index is 0.292. The minimum Gasteiger partial charge on any atom is -0.338 e. The lowest BCUT2D eigenvalue weighted by atomic mass is 10.4. The maximum absolute atomic E-state index is 10.7. The zero-order valence-electron chi connectivity index (χ0n) is 6.89. The summed E-state index contributed by atoms with van der Waals surface area (Å²) in [6, 6.07) is 1.09. The first-order valence-electron chi connectivity index (χ1n) is 3.65. The molecule has 0 aliphatic heterocycles. The molecule has 0 fully saturated rings. The normalized spacial score (nSPS) is 8.33. The topological polar surface area (TPSA) is 82.0 Å². The molecule has 12 heavy (non-hydrogen) atoms. The van der Waals surface area contributed by atoms with Gasteiger partial charge < -0.3 is 5.32 Å². The van der Waals surface area contributed by atoms with E-state index in [0.29, 0.717) is 6.54 Å². The van der Waals surface area contributed by atoms with E-state index in [0.717, 1.165) is 6.42 Å². The molecule has 0 rings (SSSR count). The molecular formula is C7H11N3O2. The van der Waals surface area contributed by atoms with Gasteiger partial charge in [-0.25, -0.2) is 4.79 Å². The second-order valence-corrected chi connectivity index (χ2v) is 2.14. The Hall–Kier alpha value is -1.57. The molecule has 0 atom stereocenters. The van der Waals surface area contributed by atoms with Crippen LogP contribution in [0.3, 0.4) is 0 Å². The van der Waals surface area contributed by atoms with Crippen LogP contribution in [0.15, 0.2) is 0 Å². The van der Waals surface area contributed by atoms with Crippen LogP contribution in [0.5, 0.6) is 0 Å². The van der Waals surface area contributed by atoms with E-state index < -0.39 is 11.9 Å². The zero-order chi connectivity index (χ0) is 9.40. The van der Waals surface area contributed by atoms with Gasteiger partial charge in [-0.1, -0.05) is 6.92 Å². The zero-order valence-corrected chi connectivity index (χ0v) is 6.89. The van der Waals surface area contributed by atoms with Crippen LogP contribution < -0.4 is 10.6 Å². The maximum atomic E-state index is 10.7. The summed E-state index contributed by atoms with van der Waals surface area (Å²) in [7, 11) is 0. The molecule has 0 bridgehead atoms. The van der Waals surface area contributed by atoms with Crippen molar-refractivity contribution in [1.82, 2.24) is 10.6 Å². The van der Waals surface area contributed by atoms with Crippen LogP contribution >= 0.6 is 0 Å². The molecule has 0 unspecified atom stereocenters. The largest absolute Gasteiger partial charge is 0.338 e. The van der Waals surface area contributed by atoms with Crippen molar-refractivity contribution >= 4 is 11.9 Å². The second kappa shape index (κ2) is 6.16. The van der Waals surface area contributed by atoms with Crippen molar-refractivity contribution < 1.29 is 9.59 Å². The summed E-state index contributed by atoms with van der Waals surface area (Å²) < 4.78 is 0. The van der Waals surface area contributed by atoms with E-state index in [-0.39, 0.29) is 6.42 Å². The molecule has 0 spiro atoms. The summed E-state index contributed by atoms with van der Waals surface area (Å²) in [6.45, 7) is 2.42. The van der Waals surface area contributed by atoms with Crippen LogP contribution in [0.4, 0.5) is 4.79 Å². The van der Waals surface area contributed by atoms with Crippen molar-refractivity contribution in [3.8, 4) is 6.07 Å². The van der Waals surface area contributed by atoms with E-state index in [1.807, 2.05) is 12.2 Å². The number of amides is 3. The Kier molecular flexibility index (Phi) is 5.35. The number of carbonyl (C=O) groups excluding carboxylic acids is 2. The SMILES string of the molecule is CCCNC(=O)NC(=O)CC#N. The third-order valence-corrected chi connectivity index (χ3v) is 1.03. The number of nitrogens with zero attached hydrogens (tertiary/aromatic N) is 1. The smallest absolute Gasteiger partial charge is 0.321 e. The Morgan fingerprint density at radius 1 is 1.50 bits per heavy atom. The van der Waals surface area contributed by atoms with Crippen molar-refractivity contribution in [2.24, 2.45) is 0 Å². The van der Waals surface area contributed by atoms with Gasteiger partial charge in [0.15, 0.2) is 0 Å². The molecular weight excluding hydrogens is 158 g/mol. The number of urea groups is 1. The number of nitrogens with one attached hydrogen (secondary N) is 2. The highest BCUT2D eigenvalue weighted by molar-refractivity contribution is 5.95. The van der Waals surface area contributed by atoms with Gasteiger partial charge in [0, 0.05) is 6.54 Å². The van der Waals surface area contributed by atoms with Crippen LogP contribution in [0, 0.1) is 11.3 Å². The monoisotopic (exact) mass is 169 g/mol. The second-order valence-electron chi connectivity index (χ2n) is 2.14. The Bertz CT molecular complexity index is 207. The average Bonchev–Trinajstić information content (AvgIpc) is 2.01. The molecule has 0 aliphatic carbocycles. The third kappa shape index (κ3) is 5.23. The number of nitriles is 1. The summed E-state index contributed by atoms with van der Waals surface area (Å²) >= 11 is 0. The molecule has 66 valence electrons. The minimum atomic E-state index is -0.578. The molecule has 0 saturated carbocycles. The number of carbonyl (C=O) groups is 2. The van der Waals surface area contributed by atoms with Crippen LogP contribution in [0.2, 0.25) is 0 Å². The summed E-state index contributed by atoms with van der Waals surface area (Å²) in [5.41, 5.74) is 0. The molecule has 0 aliphatic rings. The lowest BCUT2D eigenvalue weighted by molar-refractivity contribution is -0.119. The fourth-order valence-electron chi connectivity index (χ4n) is 0.525. The van der Waals surface area contributed by atoms with Gasteiger partial charge in [0.05, 0.1) is 6.07 Å². The van der Waals surface area contributed by atoms with Crippen LogP contribution in [-0.2, 0) is 4.79 Å². The molecule has 0 aromatic heterocycles. The van der Waals surface area contributed by atoms with Crippen molar-refractivity contribution in [2.45, 2.75) is 19.8 Å². The molecule has 0 radical (unpaired) electrons. The predicted octanol–water partition coefficient (Wildman–Crippen LogP) is 0.136. The highest BCUT2D eigenvalue weighted by atomic mass is 16.2. The van der Waals surface area contributed by atoms with E-state index in [1.165, 1.54) is 0 Å². The molecule has 2 N–H and O–H groups in total. The van der Waals surface area contributed by atoms with Gasteiger partial charge >= 0.3 is 6.03 Å².